The Morgan fingerprint density at radius 3 is 2.65 bits per heavy atom. The highest BCUT2D eigenvalue weighted by Crippen LogP contribution is 2.15. The first-order valence-corrected chi connectivity index (χ1v) is 7.17. The van der Waals surface area contributed by atoms with Gasteiger partial charge in [-0.2, -0.15) is 0 Å². The van der Waals surface area contributed by atoms with Gasteiger partial charge in [-0.25, -0.2) is 8.42 Å². The summed E-state index contributed by atoms with van der Waals surface area (Å²) in [4.78, 5) is 14.6. The molecule has 2 N–H and O–H groups in total. The first-order valence-electron chi connectivity index (χ1n) is 5.68. The number of sulfonamides is 1. The lowest BCUT2D eigenvalue weighted by molar-refractivity contribution is -0.136. The van der Waals surface area contributed by atoms with Gasteiger partial charge in [0.1, 0.15) is 4.90 Å². The van der Waals surface area contributed by atoms with Gasteiger partial charge in [0.2, 0.25) is 0 Å². The molecule has 2 heterocycles. The van der Waals surface area contributed by atoms with Crippen LogP contribution in [0.1, 0.15) is 5.69 Å². The molecule has 2 aromatic rings. The summed E-state index contributed by atoms with van der Waals surface area (Å²) < 4.78 is 28.1. The van der Waals surface area contributed by atoms with Crippen LogP contribution in [0.15, 0.2) is 41.7 Å². The predicted molar refractivity (Wildman–Crippen MR) is 71.8 cm³/mol. The van der Waals surface area contributed by atoms with E-state index in [1.165, 1.54) is 30.6 Å². The smallest absolute Gasteiger partial charge is 0.309 e. The van der Waals surface area contributed by atoms with E-state index in [2.05, 4.69) is 9.71 Å². The van der Waals surface area contributed by atoms with Crippen LogP contribution in [0.5, 0.6) is 0 Å². The SMILES string of the molecule is Cn1ccc(S(=O)(=O)Nc2ccc(CC(=O)O)nc2)c1. The summed E-state index contributed by atoms with van der Waals surface area (Å²) >= 11 is 0. The van der Waals surface area contributed by atoms with Crippen LogP contribution in [-0.4, -0.2) is 29.0 Å². The van der Waals surface area contributed by atoms with Crippen molar-refractivity contribution in [1.82, 2.24) is 9.55 Å². The van der Waals surface area contributed by atoms with Gasteiger partial charge < -0.3 is 9.67 Å². The lowest BCUT2D eigenvalue weighted by Gasteiger charge is -2.06. The van der Waals surface area contributed by atoms with Crippen molar-refractivity contribution in [3.05, 3.63) is 42.5 Å². The Hall–Kier alpha value is -2.35. The van der Waals surface area contributed by atoms with Crippen LogP contribution in [0, 0.1) is 0 Å². The van der Waals surface area contributed by atoms with Crippen molar-refractivity contribution in [3.8, 4) is 0 Å². The Morgan fingerprint density at radius 2 is 2.15 bits per heavy atom. The molecule has 2 rings (SSSR count). The Balaban J connectivity index is 2.15. The normalized spacial score (nSPS) is 11.2. The number of carboxylic acid groups (broad SMARTS) is 1. The first-order chi connectivity index (χ1) is 9.37. The van der Waals surface area contributed by atoms with Crippen LogP contribution in [0.3, 0.4) is 0 Å². The third-order valence-corrected chi connectivity index (χ3v) is 3.89. The van der Waals surface area contributed by atoms with E-state index in [9.17, 15) is 13.2 Å². The topological polar surface area (TPSA) is 101 Å². The second-order valence-electron chi connectivity index (χ2n) is 4.23. The fraction of sp³-hybridized carbons (Fsp3) is 0.167. The third-order valence-electron chi connectivity index (χ3n) is 2.52. The van der Waals surface area contributed by atoms with Crippen LogP contribution in [0.2, 0.25) is 0 Å². The molecular weight excluding hydrogens is 282 g/mol. The number of rotatable bonds is 5. The van der Waals surface area contributed by atoms with Crippen LogP contribution >= 0.6 is 0 Å². The van der Waals surface area contributed by atoms with Gasteiger partial charge in [0.05, 0.1) is 24.0 Å². The molecule has 0 aliphatic rings. The van der Waals surface area contributed by atoms with Gasteiger partial charge in [0.15, 0.2) is 0 Å². The number of hydrogen-bond donors (Lipinski definition) is 2. The number of nitrogens with one attached hydrogen (secondary N) is 1. The van der Waals surface area contributed by atoms with Gasteiger partial charge in [0, 0.05) is 19.4 Å². The summed E-state index contributed by atoms with van der Waals surface area (Å²) in [5, 5.41) is 8.62. The second-order valence-corrected chi connectivity index (χ2v) is 5.91. The minimum Gasteiger partial charge on any atom is -0.481 e. The Bertz CT molecular complexity index is 719. The Labute approximate surface area is 115 Å². The summed E-state index contributed by atoms with van der Waals surface area (Å²) in [6.45, 7) is 0. The molecule has 0 radical (unpaired) electrons. The molecule has 8 heteroatoms. The van der Waals surface area contributed by atoms with Gasteiger partial charge in [-0.1, -0.05) is 0 Å². The van der Waals surface area contributed by atoms with Gasteiger partial charge in [0.25, 0.3) is 10.0 Å². The molecule has 0 fully saturated rings. The van der Waals surface area contributed by atoms with Crippen LogP contribution < -0.4 is 4.72 Å². The van der Waals surface area contributed by atoms with Crippen LogP contribution in [0.25, 0.3) is 0 Å². The zero-order chi connectivity index (χ0) is 14.8. The largest absolute Gasteiger partial charge is 0.481 e. The van der Waals surface area contributed by atoms with E-state index in [4.69, 9.17) is 5.11 Å². The average molecular weight is 295 g/mol. The standard InChI is InChI=1S/C12H13N3O4S/c1-15-5-4-11(8-15)20(18,19)14-10-3-2-9(13-7-10)6-12(16)17/h2-5,7-8,14H,6H2,1H3,(H,16,17). The van der Waals surface area contributed by atoms with Crippen molar-refractivity contribution >= 4 is 21.7 Å². The third kappa shape index (κ3) is 3.35. The summed E-state index contributed by atoms with van der Waals surface area (Å²) in [5.41, 5.74) is 0.642. The zero-order valence-electron chi connectivity index (χ0n) is 10.6. The van der Waals surface area contributed by atoms with Gasteiger partial charge in [-0.15, -0.1) is 0 Å². The highest BCUT2D eigenvalue weighted by atomic mass is 32.2. The van der Waals surface area contributed by atoms with E-state index in [1.807, 2.05) is 0 Å². The van der Waals surface area contributed by atoms with Crippen LogP contribution in [0.4, 0.5) is 5.69 Å². The minimum atomic E-state index is -3.66. The number of anilines is 1. The zero-order valence-corrected chi connectivity index (χ0v) is 11.5. The molecular formula is C12H13N3O4S. The number of pyridine rings is 1. The molecule has 0 amide bonds. The monoisotopic (exact) mass is 295 g/mol. The number of carboxylic acids is 1. The molecule has 20 heavy (non-hydrogen) atoms. The number of carbonyl (C=O) groups is 1. The number of hydrogen-bond acceptors (Lipinski definition) is 4. The summed E-state index contributed by atoms with van der Waals surface area (Å²) in [5.74, 6) is -0.991. The lowest BCUT2D eigenvalue weighted by atomic mass is 10.3. The first kappa shape index (κ1) is 14.1. The highest BCUT2D eigenvalue weighted by Gasteiger charge is 2.15. The molecule has 2 aromatic heterocycles. The average Bonchev–Trinajstić information content (AvgIpc) is 2.78. The maximum Gasteiger partial charge on any atom is 0.309 e. The molecule has 0 atom stereocenters. The molecule has 0 saturated carbocycles. The quantitative estimate of drug-likeness (QED) is 0.851. The summed E-state index contributed by atoms with van der Waals surface area (Å²) in [6.07, 6.45) is 4.20. The Kier molecular flexibility index (Phi) is 3.75. The van der Waals surface area contributed by atoms with Gasteiger partial charge in [-0.3, -0.25) is 14.5 Å². The van der Waals surface area contributed by atoms with E-state index in [0.29, 0.717) is 5.69 Å². The minimum absolute atomic E-state index is 0.148. The molecule has 0 spiro atoms. The molecule has 0 saturated heterocycles. The number of aryl methyl sites for hydroxylation is 1. The van der Waals surface area contributed by atoms with Crippen molar-refractivity contribution in [2.45, 2.75) is 11.3 Å². The molecule has 0 bridgehead atoms. The van der Waals surface area contributed by atoms with E-state index >= 15 is 0 Å². The highest BCUT2D eigenvalue weighted by molar-refractivity contribution is 7.92. The van der Waals surface area contributed by atoms with Crippen molar-refractivity contribution < 1.29 is 18.3 Å². The number of aromatic nitrogens is 2. The van der Waals surface area contributed by atoms with Gasteiger partial charge in [-0.05, 0) is 18.2 Å². The van der Waals surface area contributed by atoms with E-state index < -0.39 is 16.0 Å². The molecule has 0 aliphatic carbocycles. The fourth-order valence-electron chi connectivity index (χ4n) is 1.60. The molecule has 7 nitrogen and oxygen atoms in total. The van der Waals surface area contributed by atoms with E-state index in [0.717, 1.165) is 0 Å². The second kappa shape index (κ2) is 5.33. The van der Waals surface area contributed by atoms with Crippen molar-refractivity contribution in [1.29, 1.82) is 0 Å². The molecule has 0 aromatic carbocycles. The molecule has 0 unspecified atom stereocenters. The molecule has 0 aliphatic heterocycles. The van der Waals surface area contributed by atoms with Crippen molar-refractivity contribution in [2.24, 2.45) is 7.05 Å². The Morgan fingerprint density at radius 1 is 1.40 bits per heavy atom. The van der Waals surface area contributed by atoms with E-state index in [-0.39, 0.29) is 17.0 Å². The molecule has 106 valence electrons. The van der Waals surface area contributed by atoms with Gasteiger partial charge >= 0.3 is 5.97 Å². The predicted octanol–water partition coefficient (Wildman–Crippen LogP) is 0.848. The fourth-order valence-corrected chi connectivity index (χ4v) is 2.69. The summed E-state index contributed by atoms with van der Waals surface area (Å²) in [6, 6.07) is 4.43. The maximum atomic E-state index is 12.0. The lowest BCUT2D eigenvalue weighted by Crippen LogP contribution is -2.12. The number of nitrogens with zero attached hydrogens (tertiary/aromatic N) is 2. The summed E-state index contributed by atoms with van der Waals surface area (Å²) in [7, 11) is -1.93. The van der Waals surface area contributed by atoms with Crippen molar-refractivity contribution in [2.75, 3.05) is 4.72 Å². The maximum absolute atomic E-state index is 12.0. The van der Waals surface area contributed by atoms with Crippen LogP contribution in [-0.2, 0) is 28.3 Å². The number of aliphatic carboxylic acids is 1. The van der Waals surface area contributed by atoms with Crippen molar-refractivity contribution in [3.63, 3.8) is 0 Å². The van der Waals surface area contributed by atoms with E-state index in [1.54, 1.807) is 17.8 Å².